The summed E-state index contributed by atoms with van der Waals surface area (Å²) in [6.07, 6.45) is 4.57. The Balaban J connectivity index is 1.63. The molecule has 0 radical (unpaired) electrons. The van der Waals surface area contributed by atoms with Gasteiger partial charge in [0.25, 0.3) is 0 Å². The molecule has 0 amide bonds. The third kappa shape index (κ3) is 3.45. The van der Waals surface area contributed by atoms with Crippen LogP contribution in [0.4, 0.5) is 10.3 Å². The standard InChI is InChI=1S/C20H18ClFN8O2S/c1-10(18-23-7-12(21)8-24-18)11(2)33(31,32)28-20-26-25-19-16-14(9-29(3)27-16)13-5-4-6-15(22)17(13)30(19)20/h4-11H,1-3H3,(H,26,28)/t10-,11-/m0/s1. The van der Waals surface area contributed by atoms with Gasteiger partial charge in [-0.1, -0.05) is 30.7 Å². The second kappa shape index (κ2) is 7.59. The van der Waals surface area contributed by atoms with Crippen molar-refractivity contribution in [2.45, 2.75) is 25.0 Å². The van der Waals surface area contributed by atoms with Crippen LogP contribution in [-0.4, -0.2) is 48.0 Å². The quantitative estimate of drug-likeness (QED) is 0.403. The van der Waals surface area contributed by atoms with Crippen molar-refractivity contribution in [1.82, 2.24) is 34.3 Å². The molecular formula is C20H18ClFN8O2S. The first kappa shape index (κ1) is 21.5. The molecule has 5 rings (SSSR count). The lowest BCUT2D eigenvalue weighted by Crippen LogP contribution is -2.31. The lowest BCUT2D eigenvalue weighted by atomic mass is 10.1. The molecule has 13 heteroatoms. The first-order valence-corrected chi connectivity index (χ1v) is 11.9. The summed E-state index contributed by atoms with van der Waals surface area (Å²) in [6, 6.07) is 4.62. The highest BCUT2D eigenvalue weighted by molar-refractivity contribution is 7.93. The predicted octanol–water partition coefficient (Wildman–Crippen LogP) is 3.29. The topological polar surface area (TPSA) is 120 Å². The molecule has 1 aromatic carbocycles. The van der Waals surface area contributed by atoms with E-state index in [0.29, 0.717) is 27.1 Å². The summed E-state index contributed by atoms with van der Waals surface area (Å²) >= 11 is 5.83. The molecule has 2 atom stereocenters. The van der Waals surface area contributed by atoms with Gasteiger partial charge < -0.3 is 0 Å². The van der Waals surface area contributed by atoms with Crippen molar-refractivity contribution in [3.63, 3.8) is 0 Å². The monoisotopic (exact) mass is 488 g/mol. The highest BCUT2D eigenvalue weighted by Gasteiger charge is 2.31. The second-order valence-corrected chi connectivity index (χ2v) is 10.3. The van der Waals surface area contributed by atoms with Crippen molar-refractivity contribution in [2.24, 2.45) is 7.05 Å². The van der Waals surface area contributed by atoms with Crippen LogP contribution < -0.4 is 4.72 Å². The molecule has 0 unspecified atom stereocenters. The lowest BCUT2D eigenvalue weighted by Gasteiger charge is -2.19. The molecule has 4 heterocycles. The molecule has 0 aliphatic heterocycles. The number of aromatic nitrogens is 7. The minimum atomic E-state index is -4.00. The Morgan fingerprint density at radius 3 is 2.58 bits per heavy atom. The van der Waals surface area contributed by atoms with E-state index in [1.807, 2.05) is 0 Å². The average Bonchev–Trinajstić information content (AvgIpc) is 3.36. The molecule has 1 N–H and O–H groups in total. The van der Waals surface area contributed by atoms with Gasteiger partial charge in [0.05, 0.1) is 15.8 Å². The van der Waals surface area contributed by atoms with Gasteiger partial charge in [-0.05, 0) is 13.0 Å². The smallest absolute Gasteiger partial charge is 0.243 e. The van der Waals surface area contributed by atoms with Crippen LogP contribution in [0.15, 0.2) is 36.8 Å². The number of nitrogens with zero attached hydrogens (tertiary/aromatic N) is 7. The van der Waals surface area contributed by atoms with Gasteiger partial charge in [-0.3, -0.25) is 13.8 Å². The number of para-hydroxylation sites is 1. The van der Waals surface area contributed by atoms with E-state index in [9.17, 15) is 12.8 Å². The molecule has 0 aliphatic carbocycles. The summed E-state index contributed by atoms with van der Waals surface area (Å²) in [4.78, 5) is 8.24. The second-order valence-electron chi connectivity index (χ2n) is 7.78. The van der Waals surface area contributed by atoms with Crippen LogP contribution >= 0.6 is 11.6 Å². The number of aryl methyl sites for hydroxylation is 1. The molecule has 0 bridgehead atoms. The van der Waals surface area contributed by atoms with Gasteiger partial charge >= 0.3 is 0 Å². The maximum atomic E-state index is 15.0. The van der Waals surface area contributed by atoms with Gasteiger partial charge in [0.1, 0.15) is 17.2 Å². The van der Waals surface area contributed by atoms with Gasteiger partial charge in [0.2, 0.25) is 16.0 Å². The number of benzene rings is 1. The number of hydrogen-bond acceptors (Lipinski definition) is 7. The molecule has 0 saturated heterocycles. The maximum Gasteiger partial charge on any atom is 0.243 e. The van der Waals surface area contributed by atoms with Crippen LogP contribution in [0.1, 0.15) is 25.6 Å². The fraction of sp³-hybridized carbons (Fsp3) is 0.250. The molecule has 33 heavy (non-hydrogen) atoms. The Labute approximate surface area is 192 Å². The van der Waals surface area contributed by atoms with Crippen molar-refractivity contribution < 1.29 is 12.8 Å². The van der Waals surface area contributed by atoms with Crippen molar-refractivity contribution in [2.75, 3.05) is 4.72 Å². The molecule has 5 aromatic rings. The summed E-state index contributed by atoms with van der Waals surface area (Å²) in [7, 11) is -2.26. The summed E-state index contributed by atoms with van der Waals surface area (Å²) in [6.45, 7) is 3.23. The van der Waals surface area contributed by atoms with E-state index < -0.39 is 27.0 Å². The third-order valence-electron chi connectivity index (χ3n) is 5.68. The lowest BCUT2D eigenvalue weighted by molar-refractivity contribution is 0.567. The van der Waals surface area contributed by atoms with E-state index in [2.05, 4.69) is 30.0 Å². The average molecular weight is 489 g/mol. The van der Waals surface area contributed by atoms with Gasteiger partial charge in [0, 0.05) is 42.3 Å². The minimum Gasteiger partial charge on any atom is -0.274 e. The zero-order chi connectivity index (χ0) is 23.5. The highest BCUT2D eigenvalue weighted by atomic mass is 35.5. The molecule has 0 spiro atoms. The van der Waals surface area contributed by atoms with Crippen LogP contribution in [0, 0.1) is 5.82 Å². The summed E-state index contributed by atoms with van der Waals surface area (Å²) in [5.74, 6) is -0.909. The summed E-state index contributed by atoms with van der Waals surface area (Å²) in [5.41, 5.74) is 0.865. The number of sulfonamides is 1. The number of nitrogens with one attached hydrogen (secondary N) is 1. The normalized spacial score (nSPS) is 14.2. The van der Waals surface area contributed by atoms with Crippen molar-refractivity contribution in [3.8, 4) is 0 Å². The van der Waals surface area contributed by atoms with Gasteiger partial charge in [-0.25, -0.2) is 22.8 Å². The number of hydrogen-bond donors (Lipinski definition) is 1. The summed E-state index contributed by atoms with van der Waals surface area (Å²) < 4.78 is 46.8. The molecule has 0 fully saturated rings. The van der Waals surface area contributed by atoms with Crippen molar-refractivity contribution in [1.29, 1.82) is 0 Å². The zero-order valence-electron chi connectivity index (χ0n) is 17.7. The predicted molar refractivity (Wildman–Crippen MR) is 122 cm³/mol. The Morgan fingerprint density at radius 1 is 1.12 bits per heavy atom. The molecule has 0 saturated carbocycles. The van der Waals surface area contributed by atoms with Crippen LogP contribution in [0.2, 0.25) is 5.02 Å². The van der Waals surface area contributed by atoms with Crippen LogP contribution in [-0.2, 0) is 17.1 Å². The third-order valence-corrected chi connectivity index (χ3v) is 7.73. The van der Waals surface area contributed by atoms with Crippen LogP contribution in [0.5, 0.6) is 0 Å². The fourth-order valence-electron chi connectivity index (χ4n) is 3.78. The van der Waals surface area contributed by atoms with E-state index in [4.69, 9.17) is 11.6 Å². The van der Waals surface area contributed by atoms with Crippen molar-refractivity contribution in [3.05, 3.63) is 53.5 Å². The zero-order valence-corrected chi connectivity index (χ0v) is 19.3. The van der Waals surface area contributed by atoms with Gasteiger partial charge in [-0.15, -0.1) is 10.2 Å². The molecule has 0 aliphatic rings. The number of rotatable bonds is 5. The molecule has 10 nitrogen and oxygen atoms in total. The molecular weight excluding hydrogens is 471 g/mol. The first-order valence-electron chi connectivity index (χ1n) is 9.95. The highest BCUT2D eigenvalue weighted by Crippen LogP contribution is 2.32. The summed E-state index contributed by atoms with van der Waals surface area (Å²) in [5, 5.41) is 13.2. The number of fused-ring (bicyclic) bond motifs is 6. The Kier molecular flexibility index (Phi) is 4.94. The molecule has 4 aromatic heterocycles. The first-order chi connectivity index (χ1) is 15.7. The minimum absolute atomic E-state index is 0.135. The molecule has 170 valence electrons. The van der Waals surface area contributed by atoms with E-state index >= 15 is 0 Å². The Morgan fingerprint density at radius 2 is 1.85 bits per heavy atom. The van der Waals surface area contributed by atoms with Crippen LogP contribution in [0.25, 0.3) is 27.5 Å². The van der Waals surface area contributed by atoms with E-state index in [-0.39, 0.29) is 17.1 Å². The number of halogens is 2. The van der Waals surface area contributed by atoms with E-state index in [1.165, 1.54) is 29.8 Å². The largest absolute Gasteiger partial charge is 0.274 e. The van der Waals surface area contributed by atoms with Gasteiger partial charge in [0.15, 0.2) is 5.65 Å². The van der Waals surface area contributed by atoms with Gasteiger partial charge in [-0.2, -0.15) is 5.10 Å². The Hall–Kier alpha value is -3.38. The van der Waals surface area contributed by atoms with Crippen molar-refractivity contribution >= 4 is 55.0 Å². The maximum absolute atomic E-state index is 15.0. The fourth-order valence-corrected chi connectivity index (χ4v) is 5.11. The van der Waals surface area contributed by atoms with E-state index in [1.54, 1.807) is 37.0 Å². The SMILES string of the molecule is C[C@H](c1ncc(Cl)cn1)[C@H](C)S(=O)(=O)Nc1nnc2c3nn(C)cc3c3cccc(F)c3n12. The number of anilines is 1. The Bertz CT molecular complexity index is 1630. The van der Waals surface area contributed by atoms with Crippen LogP contribution in [0.3, 0.4) is 0 Å². The van der Waals surface area contributed by atoms with E-state index in [0.717, 1.165) is 0 Å². The number of pyridine rings is 1.